The second kappa shape index (κ2) is 17.1. The Morgan fingerprint density at radius 3 is 1.66 bits per heavy atom. The maximum absolute atomic E-state index is 6.73. The molecule has 0 unspecified atom stereocenters. The fraction of sp³-hybridized carbons (Fsp3) is 0.0278. The fourth-order valence-corrected chi connectivity index (χ4v) is 12.7. The summed E-state index contributed by atoms with van der Waals surface area (Å²) >= 11 is 0. The van der Waals surface area contributed by atoms with Gasteiger partial charge in [-0.1, -0.05) is 207 Å². The van der Waals surface area contributed by atoms with E-state index in [-0.39, 0.29) is 0 Å². The van der Waals surface area contributed by atoms with Gasteiger partial charge in [0.15, 0.2) is 5.84 Å². The lowest BCUT2D eigenvalue weighted by Gasteiger charge is -2.31. The number of benzene rings is 11. The van der Waals surface area contributed by atoms with Gasteiger partial charge in [0.1, 0.15) is 11.2 Å². The molecule has 0 bridgehead atoms. The number of hydrogen-bond acceptors (Lipinski definition) is 2. The number of furan rings is 1. The van der Waals surface area contributed by atoms with Gasteiger partial charge in [0.25, 0.3) is 0 Å². The first-order valence-corrected chi connectivity index (χ1v) is 26.0. The molecule has 4 heteroatoms. The van der Waals surface area contributed by atoms with Crippen LogP contribution in [0.25, 0.3) is 99.6 Å². The van der Waals surface area contributed by atoms with E-state index in [9.17, 15) is 0 Å². The Morgan fingerprint density at radius 2 is 1.00 bits per heavy atom. The maximum atomic E-state index is 6.73. The number of aliphatic imine (C=N–C) groups is 2. The first-order valence-electron chi connectivity index (χ1n) is 26.0. The maximum Gasteiger partial charge on any atom is 0.160 e. The zero-order valence-electron chi connectivity index (χ0n) is 41.7. The lowest BCUT2D eigenvalue weighted by molar-refractivity contribution is 0.669. The van der Waals surface area contributed by atoms with Crippen LogP contribution in [0.5, 0.6) is 0 Å². The first kappa shape index (κ1) is 43.7. The summed E-state index contributed by atoms with van der Waals surface area (Å²) in [6.45, 7) is 6.78. The Kier molecular flexibility index (Phi) is 9.82. The van der Waals surface area contributed by atoms with Crippen molar-refractivity contribution in [1.82, 2.24) is 4.57 Å². The monoisotopic (exact) mass is 969 g/mol. The quantitative estimate of drug-likeness (QED) is 0.116. The fourth-order valence-electron chi connectivity index (χ4n) is 12.7. The molecule has 0 saturated carbocycles. The highest BCUT2D eigenvalue weighted by Gasteiger charge is 2.52. The van der Waals surface area contributed by atoms with Gasteiger partial charge in [0.2, 0.25) is 0 Å². The lowest BCUT2D eigenvalue weighted by Crippen LogP contribution is -2.26. The topological polar surface area (TPSA) is 42.8 Å². The minimum absolute atomic E-state index is 0.497. The van der Waals surface area contributed by atoms with Crippen molar-refractivity contribution in [3.63, 3.8) is 0 Å². The summed E-state index contributed by atoms with van der Waals surface area (Å²) in [5.74, 6) is 0.567. The highest BCUT2D eigenvalue weighted by molar-refractivity contribution is 6.18. The van der Waals surface area contributed by atoms with Crippen LogP contribution in [0.2, 0.25) is 0 Å². The largest absolute Gasteiger partial charge is 0.456 e. The van der Waals surface area contributed by atoms with E-state index < -0.39 is 5.41 Å². The zero-order valence-corrected chi connectivity index (χ0v) is 41.7. The van der Waals surface area contributed by atoms with E-state index in [1.165, 1.54) is 55.3 Å². The molecule has 1 spiro atoms. The van der Waals surface area contributed by atoms with E-state index in [1.54, 1.807) is 0 Å². The molecule has 2 aliphatic rings. The minimum Gasteiger partial charge on any atom is -0.456 e. The SMILES string of the molecule is C=C(/N=C(\N=C(/C)c1ccccc1)c1cc(-c2ccccc2)cc(-c2ccccc2)c1)c1cccc2oc3ccc(-n4c5ccccc5c5c6c(ccc54)-c4ccccc4C64c5ccccc5-c5ccccc54)cc3c12. The number of rotatable bonds is 7. The van der Waals surface area contributed by atoms with Gasteiger partial charge >= 0.3 is 0 Å². The lowest BCUT2D eigenvalue weighted by atomic mass is 9.69. The van der Waals surface area contributed by atoms with Gasteiger partial charge in [-0.15, -0.1) is 0 Å². The van der Waals surface area contributed by atoms with Gasteiger partial charge in [-0.3, -0.25) is 0 Å². The number of hydrogen-bond donors (Lipinski definition) is 0. The van der Waals surface area contributed by atoms with Crippen molar-refractivity contribution >= 4 is 61.0 Å². The highest BCUT2D eigenvalue weighted by atomic mass is 16.3. The molecule has 0 radical (unpaired) electrons. The molecule has 0 saturated heterocycles. The number of nitrogens with zero attached hydrogens (tertiary/aromatic N) is 3. The molecule has 76 heavy (non-hydrogen) atoms. The van der Waals surface area contributed by atoms with Crippen molar-refractivity contribution < 1.29 is 4.42 Å². The van der Waals surface area contributed by atoms with E-state index in [1.807, 2.05) is 37.3 Å². The average molecular weight is 970 g/mol. The summed E-state index contributed by atoms with van der Waals surface area (Å²) in [4.78, 5) is 10.8. The summed E-state index contributed by atoms with van der Waals surface area (Å²) < 4.78 is 9.18. The Bertz CT molecular complexity index is 4470. The van der Waals surface area contributed by atoms with Crippen LogP contribution >= 0.6 is 0 Å². The summed E-state index contributed by atoms with van der Waals surface area (Å²) in [6.07, 6.45) is 0. The summed E-state index contributed by atoms with van der Waals surface area (Å²) in [5.41, 5.74) is 23.5. The Balaban J connectivity index is 0.931. The van der Waals surface area contributed by atoms with E-state index in [4.69, 9.17) is 21.0 Å². The summed E-state index contributed by atoms with van der Waals surface area (Å²) in [5, 5.41) is 4.42. The minimum atomic E-state index is -0.497. The Hall–Kier alpha value is -9.90. The van der Waals surface area contributed by atoms with Crippen molar-refractivity contribution in [1.29, 1.82) is 0 Å². The van der Waals surface area contributed by atoms with Gasteiger partial charge in [-0.2, -0.15) is 0 Å². The van der Waals surface area contributed by atoms with E-state index in [2.05, 4.69) is 229 Å². The molecule has 4 nitrogen and oxygen atoms in total. The first-order chi connectivity index (χ1) is 37.5. The van der Waals surface area contributed by atoms with Crippen LogP contribution in [0.15, 0.2) is 276 Å². The molecule has 356 valence electrons. The zero-order chi connectivity index (χ0) is 50.5. The summed E-state index contributed by atoms with van der Waals surface area (Å²) in [7, 11) is 0. The van der Waals surface area contributed by atoms with Crippen molar-refractivity contribution in [2.45, 2.75) is 12.3 Å². The van der Waals surface area contributed by atoms with Crippen molar-refractivity contribution in [2.75, 3.05) is 0 Å². The van der Waals surface area contributed by atoms with Crippen LogP contribution in [0.4, 0.5) is 0 Å². The van der Waals surface area contributed by atoms with Gasteiger partial charge in [0, 0.05) is 44.1 Å². The number of aromatic nitrogens is 1. The normalized spacial score (nSPS) is 13.4. The van der Waals surface area contributed by atoms with Crippen molar-refractivity contribution in [2.24, 2.45) is 9.98 Å². The standard InChI is InChI=1S/C72H47N3O/c1-45(47-21-6-3-7-22-47)73-71(52-42-50(48-23-8-4-9-24-48)41-51(43-52)49-25-10-5-11-26-49)74-46(2)54-31-20-36-67-68(54)60-44-53(37-40-66(60)76-67)75-64-35-19-15-30-59(64)69-65(75)39-38-58-57-29-14-18-34-63(57)72(70(58)69)61-32-16-12-27-55(61)56-28-13-17-33-62(56)72/h3-44H,2H2,1H3/b73-45+,74-71-. The van der Waals surface area contributed by atoms with Crippen LogP contribution in [0.3, 0.4) is 0 Å². The molecule has 0 atom stereocenters. The Labute approximate surface area is 440 Å². The summed E-state index contributed by atoms with van der Waals surface area (Å²) in [6, 6.07) is 91.5. The molecule has 13 aromatic rings. The molecule has 0 amide bonds. The molecule has 2 aromatic heterocycles. The second-order valence-corrected chi connectivity index (χ2v) is 20.1. The van der Waals surface area contributed by atoms with E-state index >= 15 is 0 Å². The molecule has 0 fully saturated rings. The molecule has 11 aromatic carbocycles. The number of amidine groups is 1. The molecule has 0 N–H and O–H groups in total. The molecule has 0 aliphatic heterocycles. The third kappa shape index (κ3) is 6.50. The molecule has 2 aliphatic carbocycles. The van der Waals surface area contributed by atoms with Crippen molar-refractivity contribution in [3.8, 4) is 50.2 Å². The van der Waals surface area contributed by atoms with E-state index in [0.29, 0.717) is 11.5 Å². The predicted octanol–water partition coefficient (Wildman–Crippen LogP) is 18.3. The van der Waals surface area contributed by atoms with Crippen LogP contribution in [0.1, 0.15) is 45.9 Å². The van der Waals surface area contributed by atoms with Gasteiger partial charge in [0.05, 0.1) is 22.1 Å². The molecule has 15 rings (SSSR count). The van der Waals surface area contributed by atoms with Gasteiger partial charge in [-0.25, -0.2) is 9.98 Å². The second-order valence-electron chi connectivity index (χ2n) is 20.1. The number of para-hydroxylation sites is 1. The van der Waals surface area contributed by atoms with Crippen LogP contribution in [0, 0.1) is 0 Å². The number of fused-ring (bicyclic) bond motifs is 17. The van der Waals surface area contributed by atoms with Crippen LogP contribution in [-0.4, -0.2) is 16.1 Å². The van der Waals surface area contributed by atoms with Gasteiger partial charge in [-0.05, 0) is 134 Å². The molecular weight excluding hydrogens is 923 g/mol. The molecule has 2 heterocycles. The smallest absolute Gasteiger partial charge is 0.160 e. The third-order valence-electron chi connectivity index (χ3n) is 15.9. The average Bonchev–Trinajstić information content (AvgIpc) is 4.31. The predicted molar refractivity (Wildman–Crippen MR) is 316 cm³/mol. The van der Waals surface area contributed by atoms with Gasteiger partial charge < -0.3 is 8.98 Å². The third-order valence-corrected chi connectivity index (χ3v) is 15.9. The van der Waals surface area contributed by atoms with Crippen molar-refractivity contribution in [3.05, 3.63) is 300 Å². The Morgan fingerprint density at radius 1 is 0.421 bits per heavy atom. The van der Waals surface area contributed by atoms with E-state index in [0.717, 1.165) is 83.3 Å². The highest BCUT2D eigenvalue weighted by Crippen LogP contribution is 2.64. The van der Waals surface area contributed by atoms with Crippen LogP contribution in [-0.2, 0) is 5.41 Å². The molecular formula is C72H47N3O. The van der Waals surface area contributed by atoms with Crippen LogP contribution < -0.4 is 0 Å².